The number of nitrogens with zero attached hydrogens (tertiary/aromatic N) is 5. The number of non-ortho nitro benzene ring substituents is 1. The van der Waals surface area contributed by atoms with Gasteiger partial charge in [0.25, 0.3) is 11.6 Å². The zero-order valence-electron chi connectivity index (χ0n) is 31.1. The number of nitrogens with one attached hydrogen (secondary N) is 1. The molecule has 5 N–H and O–H groups in total. The van der Waals surface area contributed by atoms with Crippen LogP contribution >= 0.6 is 23.1 Å². The molecule has 3 aliphatic rings. The summed E-state index contributed by atoms with van der Waals surface area (Å²) in [7, 11) is 0. The first-order valence-electron chi connectivity index (χ1n) is 17.8. The lowest BCUT2D eigenvalue weighted by atomic mass is 9.96. The second-order valence-electron chi connectivity index (χ2n) is 13.7. The molecule has 306 valence electrons. The van der Waals surface area contributed by atoms with E-state index in [1.165, 1.54) is 65.2 Å². The molecule has 0 spiro atoms. The van der Waals surface area contributed by atoms with Gasteiger partial charge in [-0.25, -0.2) is 24.3 Å². The van der Waals surface area contributed by atoms with Crippen molar-refractivity contribution in [3.63, 3.8) is 0 Å². The standard InChI is InChI=1S/C36H38N8O12S2/c1-36(2)28(43-30(47)27(31(43)58-36)40-29(46)26(23-17-57-34(38)39-23)41-56-21-7-3-4-8-21)33(49)55-18-54-32(48)22-9-5-6-10-24(22)42(25(45)15-37)35(50)53-16-19-11-13-20(14-12-19)44(51)52/h5-6,9-14,17,21,27-28,31H,3-4,7-8,15-16,18,37H2,1-2H3,(H2,38,39)(H,40,46)/b41-26-/t27-,28-,31+/m0/s1. The van der Waals surface area contributed by atoms with Crippen LogP contribution in [0.25, 0.3) is 0 Å². The van der Waals surface area contributed by atoms with E-state index < -0.39 is 76.2 Å². The fourth-order valence-electron chi connectivity index (χ4n) is 6.55. The molecule has 2 saturated heterocycles. The van der Waals surface area contributed by atoms with Gasteiger partial charge < -0.3 is 40.7 Å². The van der Waals surface area contributed by atoms with E-state index in [1.54, 1.807) is 19.2 Å². The van der Waals surface area contributed by atoms with Crippen LogP contribution in [0.4, 0.5) is 21.3 Å². The number of oxime groups is 1. The molecule has 1 aliphatic carbocycles. The van der Waals surface area contributed by atoms with Crippen molar-refractivity contribution in [1.82, 2.24) is 15.2 Å². The lowest BCUT2D eigenvalue weighted by molar-refractivity contribution is -0.384. The highest BCUT2D eigenvalue weighted by molar-refractivity contribution is 8.01. The molecule has 3 fully saturated rings. The smallest absolute Gasteiger partial charge is 0.421 e. The first-order chi connectivity index (χ1) is 27.7. The number of para-hydroxylation sites is 1. The average molecular weight is 839 g/mol. The molecule has 2 aromatic carbocycles. The first-order valence-corrected chi connectivity index (χ1v) is 19.6. The number of nitrogens with two attached hydrogens (primary N) is 2. The number of carbonyl (C=O) groups excluding carboxylic acids is 6. The third-order valence-corrected chi connectivity index (χ3v) is 11.6. The van der Waals surface area contributed by atoms with Gasteiger partial charge >= 0.3 is 18.0 Å². The summed E-state index contributed by atoms with van der Waals surface area (Å²) < 4.78 is 14.9. The molecule has 3 heterocycles. The quantitative estimate of drug-likeness (QED) is 0.0526. The maximum absolute atomic E-state index is 13.5. The van der Waals surface area contributed by atoms with E-state index in [-0.39, 0.29) is 46.2 Å². The van der Waals surface area contributed by atoms with Gasteiger partial charge in [-0.3, -0.25) is 24.5 Å². The molecule has 22 heteroatoms. The number of fused-ring (bicyclic) bond motifs is 1. The Kier molecular flexibility index (Phi) is 12.6. The Bertz CT molecular complexity index is 2140. The van der Waals surface area contributed by atoms with Crippen molar-refractivity contribution in [2.24, 2.45) is 10.9 Å². The predicted octanol–water partition coefficient (Wildman–Crippen LogP) is 2.83. The molecular formula is C36H38N8O12S2. The van der Waals surface area contributed by atoms with Gasteiger partial charge in [-0.15, -0.1) is 23.1 Å². The van der Waals surface area contributed by atoms with Crippen LogP contribution < -0.4 is 21.7 Å². The summed E-state index contributed by atoms with van der Waals surface area (Å²) in [5, 5.41) is 18.9. The molecule has 58 heavy (non-hydrogen) atoms. The van der Waals surface area contributed by atoms with E-state index in [1.807, 2.05) is 0 Å². The summed E-state index contributed by atoms with van der Waals surface area (Å²) in [5.41, 5.74) is 11.1. The Balaban J connectivity index is 1.07. The minimum absolute atomic E-state index is 0.137. The van der Waals surface area contributed by atoms with Crippen LogP contribution in [0.1, 0.15) is 61.1 Å². The number of thiazole rings is 1. The predicted molar refractivity (Wildman–Crippen MR) is 207 cm³/mol. The van der Waals surface area contributed by atoms with Crippen molar-refractivity contribution in [3.05, 3.63) is 80.8 Å². The van der Waals surface area contributed by atoms with E-state index >= 15 is 0 Å². The van der Waals surface area contributed by atoms with Gasteiger partial charge in [-0.2, -0.15) is 0 Å². The van der Waals surface area contributed by atoms with Crippen LogP contribution in [0.15, 0.2) is 59.1 Å². The number of amides is 4. The van der Waals surface area contributed by atoms with Crippen LogP contribution in [0, 0.1) is 10.1 Å². The van der Waals surface area contributed by atoms with Gasteiger partial charge in [0.1, 0.15) is 35.9 Å². The Morgan fingerprint density at radius 2 is 1.78 bits per heavy atom. The highest BCUT2D eigenvalue weighted by Gasteiger charge is 2.64. The molecule has 2 aliphatic heterocycles. The monoisotopic (exact) mass is 838 g/mol. The molecule has 3 aromatic rings. The number of ether oxygens (including phenoxy) is 3. The Labute approximate surface area is 338 Å². The van der Waals surface area contributed by atoms with Gasteiger partial charge in [-0.05, 0) is 69.4 Å². The number of imide groups is 1. The van der Waals surface area contributed by atoms with Gasteiger partial charge in [0.2, 0.25) is 18.6 Å². The number of benzene rings is 2. The highest BCUT2D eigenvalue weighted by atomic mass is 32.2. The first kappa shape index (κ1) is 41.5. The number of rotatable bonds is 14. The lowest BCUT2D eigenvalue weighted by Crippen LogP contribution is -2.71. The summed E-state index contributed by atoms with van der Waals surface area (Å²) in [4.78, 5) is 102. The molecule has 0 bridgehead atoms. The average Bonchev–Trinajstić information content (AvgIpc) is 3.94. The highest BCUT2D eigenvalue weighted by Crippen LogP contribution is 2.51. The molecule has 20 nitrogen and oxygen atoms in total. The lowest BCUT2D eigenvalue weighted by Gasteiger charge is -2.43. The molecule has 0 radical (unpaired) electrons. The van der Waals surface area contributed by atoms with Crippen molar-refractivity contribution < 1.29 is 52.7 Å². The molecule has 1 saturated carbocycles. The summed E-state index contributed by atoms with van der Waals surface area (Å²) in [5.74, 6) is -4.17. The Morgan fingerprint density at radius 1 is 1.07 bits per heavy atom. The second-order valence-corrected chi connectivity index (χ2v) is 16.3. The molecular weight excluding hydrogens is 801 g/mol. The minimum atomic E-state index is -1.20. The molecule has 0 unspecified atom stereocenters. The van der Waals surface area contributed by atoms with Gasteiger partial charge in [0.15, 0.2) is 10.8 Å². The third-order valence-electron chi connectivity index (χ3n) is 9.40. The zero-order chi connectivity index (χ0) is 41.7. The second kappa shape index (κ2) is 17.6. The number of aromatic nitrogens is 1. The SMILES string of the molecule is CC1(C)S[C@@H]2[C@@H](NC(=O)/C(=N\OC3CCCC3)c3csc(N)n3)C(=O)N2[C@H]1C(=O)OCOC(=O)c1ccccc1N(C(=O)CN)C(=O)OCc1ccc([N+](=O)[O-])cc1. The Morgan fingerprint density at radius 3 is 2.43 bits per heavy atom. The van der Waals surface area contributed by atoms with E-state index in [0.717, 1.165) is 37.0 Å². The van der Waals surface area contributed by atoms with Crippen molar-refractivity contribution in [1.29, 1.82) is 0 Å². The van der Waals surface area contributed by atoms with Crippen LogP contribution in [0.5, 0.6) is 0 Å². The molecule has 4 amide bonds. The van der Waals surface area contributed by atoms with Crippen molar-refractivity contribution in [3.8, 4) is 0 Å². The normalized spacial score (nSPS) is 19.7. The molecule has 6 rings (SSSR count). The van der Waals surface area contributed by atoms with Gasteiger partial charge in [0, 0.05) is 22.3 Å². The number of thioether (sulfide) groups is 1. The number of hydrogen-bond donors (Lipinski definition) is 3. The number of nitro benzene ring substituents is 1. The van der Waals surface area contributed by atoms with Crippen LogP contribution in [-0.4, -0.2) is 97.9 Å². The molecule has 1 aromatic heterocycles. The van der Waals surface area contributed by atoms with Crippen LogP contribution in [-0.2, 0) is 44.8 Å². The number of nitro groups is 1. The largest absolute Gasteiger partial charge is 0.444 e. The summed E-state index contributed by atoms with van der Waals surface area (Å²) in [6, 6.07) is 8.44. The maximum atomic E-state index is 13.5. The maximum Gasteiger partial charge on any atom is 0.421 e. The summed E-state index contributed by atoms with van der Waals surface area (Å²) >= 11 is 2.38. The fourth-order valence-corrected chi connectivity index (χ4v) is 8.71. The number of anilines is 2. The number of β-lactam (4-membered cyclic amide) rings is 1. The zero-order valence-corrected chi connectivity index (χ0v) is 32.7. The number of carbonyl (C=O) groups is 6. The van der Waals surface area contributed by atoms with E-state index in [0.29, 0.717) is 10.5 Å². The topological polar surface area (TPSA) is 278 Å². The Hall–Kier alpha value is -6.13. The number of nitrogen functional groups attached to an aromatic ring is 1. The molecule has 3 atom stereocenters. The third kappa shape index (κ3) is 8.87. The summed E-state index contributed by atoms with van der Waals surface area (Å²) in [6.07, 6.45) is 2.22. The van der Waals surface area contributed by atoms with Crippen LogP contribution in [0.3, 0.4) is 0 Å². The van der Waals surface area contributed by atoms with Gasteiger partial charge in [-0.1, -0.05) is 17.3 Å². The number of esters is 2. The van der Waals surface area contributed by atoms with Crippen LogP contribution in [0.2, 0.25) is 0 Å². The van der Waals surface area contributed by atoms with Crippen molar-refractivity contribution in [2.45, 2.75) is 74.4 Å². The minimum Gasteiger partial charge on any atom is -0.444 e. The summed E-state index contributed by atoms with van der Waals surface area (Å²) in [6.45, 7) is 1.53. The van der Waals surface area contributed by atoms with Gasteiger partial charge in [0.05, 0.1) is 22.7 Å². The fraction of sp³-hybridized carbons (Fsp3) is 0.389. The number of hydrogen-bond acceptors (Lipinski definition) is 18. The van der Waals surface area contributed by atoms with E-state index in [4.69, 9.17) is 30.5 Å². The van der Waals surface area contributed by atoms with Crippen molar-refractivity contribution >= 4 is 81.1 Å². The van der Waals surface area contributed by atoms with Crippen molar-refractivity contribution in [2.75, 3.05) is 24.0 Å². The van der Waals surface area contributed by atoms with E-state index in [9.17, 15) is 38.9 Å². The van der Waals surface area contributed by atoms with E-state index in [2.05, 4.69) is 15.5 Å².